The van der Waals surface area contributed by atoms with E-state index in [-0.39, 0.29) is 0 Å². The van der Waals surface area contributed by atoms with E-state index in [1.165, 1.54) is 21.8 Å². The summed E-state index contributed by atoms with van der Waals surface area (Å²) in [7, 11) is 0. The first-order chi connectivity index (χ1) is 26.7. The van der Waals surface area contributed by atoms with Gasteiger partial charge >= 0.3 is 0 Å². The molecule has 12 rings (SSSR count). The van der Waals surface area contributed by atoms with Gasteiger partial charge in [-0.25, -0.2) is 0 Å². The molecule has 12 aromatic rings. The second-order valence-electron chi connectivity index (χ2n) is 14.0. The SMILES string of the molecule is N#Cc1ccc2c(c1)c1cc(-c3cccc4c3oc3ccc(-n5c6ccccc6c6ccccc65)cc34)ccc1n2-c1ccc2oc3ccccc3c2c1. The Morgan fingerprint density at radius 2 is 0.944 bits per heavy atom. The van der Waals surface area contributed by atoms with E-state index < -0.39 is 0 Å². The van der Waals surface area contributed by atoms with E-state index in [2.05, 4.69) is 149 Å². The normalized spacial score (nSPS) is 12.1. The Bertz CT molecular complexity index is 3530. The lowest BCUT2D eigenvalue weighted by molar-refractivity contribution is 0.669. The summed E-state index contributed by atoms with van der Waals surface area (Å²) in [6.45, 7) is 0. The number of hydrogen-bond donors (Lipinski definition) is 0. The molecule has 0 bridgehead atoms. The quantitative estimate of drug-likeness (QED) is 0.185. The van der Waals surface area contributed by atoms with Gasteiger partial charge in [-0.1, -0.05) is 78.9 Å². The van der Waals surface area contributed by atoms with Gasteiger partial charge in [0.15, 0.2) is 0 Å². The lowest BCUT2D eigenvalue weighted by Gasteiger charge is -2.09. The number of nitrogens with zero attached hydrogens (tertiary/aromatic N) is 3. The molecule has 0 aliphatic carbocycles. The van der Waals surface area contributed by atoms with Gasteiger partial charge in [-0.2, -0.15) is 5.26 Å². The molecule has 5 heteroatoms. The molecule has 8 aromatic carbocycles. The summed E-state index contributed by atoms with van der Waals surface area (Å²) in [6.07, 6.45) is 0. The molecule has 0 spiro atoms. The fourth-order valence-corrected chi connectivity index (χ4v) is 8.75. The highest BCUT2D eigenvalue weighted by molar-refractivity contribution is 6.15. The Morgan fingerprint density at radius 1 is 0.389 bits per heavy atom. The fourth-order valence-electron chi connectivity index (χ4n) is 8.75. The monoisotopic (exact) mass is 689 g/mol. The van der Waals surface area contributed by atoms with Crippen molar-refractivity contribution < 1.29 is 8.83 Å². The smallest absolute Gasteiger partial charge is 0.143 e. The van der Waals surface area contributed by atoms with Gasteiger partial charge in [-0.3, -0.25) is 0 Å². The van der Waals surface area contributed by atoms with Crippen molar-refractivity contribution in [3.8, 4) is 28.6 Å². The number of para-hydroxylation sites is 4. The molecule has 0 radical (unpaired) electrons. The molecule has 4 aromatic heterocycles. The molecule has 0 N–H and O–H groups in total. The van der Waals surface area contributed by atoms with Crippen molar-refractivity contribution in [3.63, 3.8) is 0 Å². The number of benzene rings is 8. The molecule has 0 saturated heterocycles. The molecule has 0 unspecified atom stereocenters. The van der Waals surface area contributed by atoms with Gasteiger partial charge in [0.25, 0.3) is 0 Å². The van der Waals surface area contributed by atoms with Crippen LogP contribution in [0.15, 0.2) is 173 Å². The van der Waals surface area contributed by atoms with Crippen molar-refractivity contribution in [2.75, 3.05) is 0 Å². The lowest BCUT2D eigenvalue weighted by atomic mass is 10.00. The molecule has 4 heterocycles. The Morgan fingerprint density at radius 3 is 1.67 bits per heavy atom. The Balaban J connectivity index is 1.05. The molecule has 0 atom stereocenters. The predicted octanol–water partition coefficient (Wildman–Crippen LogP) is 13.2. The zero-order valence-electron chi connectivity index (χ0n) is 28.7. The molecular formula is C49H27N3O2. The van der Waals surface area contributed by atoms with E-state index in [1.54, 1.807) is 0 Å². The third-order valence-electron chi connectivity index (χ3n) is 11.1. The van der Waals surface area contributed by atoms with Crippen LogP contribution in [0, 0.1) is 11.3 Å². The first kappa shape index (κ1) is 29.1. The standard InChI is InChI=1S/C49H27N3O2/c50-28-29-16-20-44-38(24-29)39-25-30(17-21-45(39)52(44)31-18-22-47-40(26-31)36-10-3-6-15-46(36)53-47)33-11-7-12-37-41-27-32(19-23-48(41)54-49(33)37)51-42-13-4-1-8-34(42)35-9-2-5-14-43(35)51/h1-27H. The second-order valence-corrected chi connectivity index (χ2v) is 14.0. The maximum absolute atomic E-state index is 9.91. The van der Waals surface area contributed by atoms with Crippen molar-refractivity contribution in [2.45, 2.75) is 0 Å². The van der Waals surface area contributed by atoms with Gasteiger partial charge < -0.3 is 18.0 Å². The number of aromatic nitrogens is 2. The zero-order valence-corrected chi connectivity index (χ0v) is 28.7. The summed E-state index contributed by atoms with van der Waals surface area (Å²) in [6, 6.07) is 59.5. The van der Waals surface area contributed by atoms with Gasteiger partial charge in [0.05, 0.1) is 33.7 Å². The minimum absolute atomic E-state index is 0.627. The first-order valence-electron chi connectivity index (χ1n) is 18.1. The van der Waals surface area contributed by atoms with Gasteiger partial charge in [0.2, 0.25) is 0 Å². The Kier molecular flexibility index (Phi) is 5.78. The number of fused-ring (bicyclic) bond motifs is 12. The number of hydrogen-bond acceptors (Lipinski definition) is 3. The molecule has 0 amide bonds. The molecule has 250 valence electrons. The molecule has 5 nitrogen and oxygen atoms in total. The minimum Gasteiger partial charge on any atom is -0.456 e. The van der Waals surface area contributed by atoms with Crippen molar-refractivity contribution >= 4 is 87.5 Å². The summed E-state index contributed by atoms with van der Waals surface area (Å²) in [5.41, 5.74) is 12.7. The van der Waals surface area contributed by atoms with E-state index in [0.717, 1.165) is 88.2 Å². The first-order valence-corrected chi connectivity index (χ1v) is 18.1. The minimum atomic E-state index is 0.627. The van der Waals surface area contributed by atoms with Crippen LogP contribution in [0.2, 0.25) is 0 Å². The van der Waals surface area contributed by atoms with Gasteiger partial charge in [0, 0.05) is 60.0 Å². The lowest BCUT2D eigenvalue weighted by Crippen LogP contribution is -1.93. The molecule has 0 aliphatic rings. The highest BCUT2D eigenvalue weighted by Crippen LogP contribution is 2.42. The van der Waals surface area contributed by atoms with Crippen molar-refractivity contribution in [3.05, 3.63) is 169 Å². The molecular weight excluding hydrogens is 663 g/mol. The summed E-state index contributed by atoms with van der Waals surface area (Å²) in [4.78, 5) is 0. The molecule has 0 saturated carbocycles. The summed E-state index contributed by atoms with van der Waals surface area (Å²) in [5, 5.41) is 18.8. The predicted molar refractivity (Wildman–Crippen MR) is 220 cm³/mol. The highest BCUT2D eigenvalue weighted by atomic mass is 16.3. The van der Waals surface area contributed by atoms with Crippen LogP contribution in [-0.4, -0.2) is 9.13 Å². The number of rotatable bonds is 3. The van der Waals surface area contributed by atoms with Gasteiger partial charge in [-0.15, -0.1) is 0 Å². The van der Waals surface area contributed by atoms with Crippen LogP contribution >= 0.6 is 0 Å². The van der Waals surface area contributed by atoms with Crippen molar-refractivity contribution in [1.29, 1.82) is 5.26 Å². The summed E-state index contributed by atoms with van der Waals surface area (Å²) >= 11 is 0. The van der Waals surface area contributed by atoms with E-state index >= 15 is 0 Å². The maximum Gasteiger partial charge on any atom is 0.143 e. The second kappa shape index (κ2) is 10.7. The maximum atomic E-state index is 9.91. The van der Waals surface area contributed by atoms with E-state index in [9.17, 15) is 5.26 Å². The number of nitriles is 1. The molecule has 0 aliphatic heterocycles. The van der Waals surface area contributed by atoms with Gasteiger partial charge in [0.1, 0.15) is 22.3 Å². The average Bonchev–Trinajstić information content (AvgIpc) is 3.97. The Labute approximate surface area is 307 Å². The van der Waals surface area contributed by atoms with Crippen LogP contribution in [0.5, 0.6) is 0 Å². The van der Waals surface area contributed by atoms with E-state index in [0.29, 0.717) is 5.56 Å². The average molecular weight is 690 g/mol. The van der Waals surface area contributed by atoms with Gasteiger partial charge in [-0.05, 0) is 90.5 Å². The van der Waals surface area contributed by atoms with Crippen LogP contribution in [-0.2, 0) is 0 Å². The van der Waals surface area contributed by atoms with E-state index in [4.69, 9.17) is 8.83 Å². The Hall–Kier alpha value is -7.55. The zero-order chi connectivity index (χ0) is 35.5. The van der Waals surface area contributed by atoms with Crippen molar-refractivity contribution in [1.82, 2.24) is 9.13 Å². The highest BCUT2D eigenvalue weighted by Gasteiger charge is 2.19. The van der Waals surface area contributed by atoms with Crippen molar-refractivity contribution in [2.24, 2.45) is 0 Å². The third-order valence-corrected chi connectivity index (χ3v) is 11.1. The van der Waals surface area contributed by atoms with Crippen LogP contribution in [0.4, 0.5) is 0 Å². The molecule has 0 fully saturated rings. The van der Waals surface area contributed by atoms with E-state index in [1.807, 2.05) is 30.3 Å². The largest absolute Gasteiger partial charge is 0.456 e. The fraction of sp³-hybridized carbons (Fsp3) is 0. The van der Waals surface area contributed by atoms with Crippen LogP contribution in [0.3, 0.4) is 0 Å². The number of furan rings is 2. The topological polar surface area (TPSA) is 59.9 Å². The van der Waals surface area contributed by atoms with Crippen LogP contribution in [0.1, 0.15) is 5.56 Å². The molecule has 54 heavy (non-hydrogen) atoms. The van der Waals surface area contributed by atoms with Crippen LogP contribution < -0.4 is 0 Å². The van der Waals surface area contributed by atoms with Crippen LogP contribution in [0.25, 0.3) is 110 Å². The third kappa shape index (κ3) is 3.97. The summed E-state index contributed by atoms with van der Waals surface area (Å²) in [5.74, 6) is 0. The summed E-state index contributed by atoms with van der Waals surface area (Å²) < 4.78 is 17.5.